The molecule has 1 amide bonds. The maximum atomic E-state index is 12.6. The van der Waals surface area contributed by atoms with E-state index in [0.717, 1.165) is 12.1 Å². The first-order chi connectivity index (χ1) is 10.6. The van der Waals surface area contributed by atoms with Crippen LogP contribution in [0.5, 0.6) is 0 Å². The molecule has 0 bridgehead atoms. The molecule has 0 saturated carbocycles. The van der Waals surface area contributed by atoms with Gasteiger partial charge in [0.15, 0.2) is 0 Å². The maximum Gasteiger partial charge on any atom is 0.416 e. The van der Waals surface area contributed by atoms with Crippen LogP contribution >= 0.6 is 8.96 Å². The summed E-state index contributed by atoms with van der Waals surface area (Å²) in [6.07, 6.45) is -4.39. The Morgan fingerprint density at radius 2 is 1.91 bits per heavy atom. The lowest BCUT2D eigenvalue weighted by Crippen LogP contribution is -2.37. The molecule has 8 heteroatoms. The van der Waals surface area contributed by atoms with Gasteiger partial charge in [-0.05, 0) is 44.9 Å². The van der Waals surface area contributed by atoms with Crippen LogP contribution in [0.4, 0.5) is 18.0 Å². The number of rotatable bonds is 2. The van der Waals surface area contributed by atoms with Gasteiger partial charge < -0.3 is 9.26 Å². The fourth-order valence-electron chi connectivity index (χ4n) is 2.10. The van der Waals surface area contributed by atoms with Crippen molar-refractivity contribution in [3.05, 3.63) is 35.4 Å². The van der Waals surface area contributed by atoms with Gasteiger partial charge in [0.1, 0.15) is 14.6 Å². The molecule has 1 fully saturated rings. The minimum absolute atomic E-state index is 0.135. The highest BCUT2D eigenvalue weighted by Gasteiger charge is 2.34. The summed E-state index contributed by atoms with van der Waals surface area (Å²) in [5.41, 5.74) is -0.579. The van der Waals surface area contributed by atoms with Crippen LogP contribution in [0.25, 0.3) is 0 Å². The second kappa shape index (κ2) is 6.65. The lowest BCUT2D eigenvalue weighted by Gasteiger charge is -2.26. The van der Waals surface area contributed by atoms with E-state index < -0.39 is 23.4 Å². The van der Waals surface area contributed by atoms with Crippen LogP contribution in [0, 0.1) is 0 Å². The number of hydrogen-bond donors (Lipinski definition) is 0. The van der Waals surface area contributed by atoms with E-state index in [-0.39, 0.29) is 15.0 Å². The zero-order valence-corrected chi connectivity index (χ0v) is 14.1. The van der Waals surface area contributed by atoms with Gasteiger partial charge in [-0.3, -0.25) is 4.67 Å². The molecule has 4 nitrogen and oxygen atoms in total. The van der Waals surface area contributed by atoms with E-state index >= 15 is 0 Å². The predicted octanol–water partition coefficient (Wildman–Crippen LogP) is 4.39. The number of halogens is 3. The van der Waals surface area contributed by atoms with Crippen molar-refractivity contribution < 1.29 is 27.2 Å². The molecule has 1 unspecified atom stereocenters. The Labute approximate surface area is 134 Å². The normalized spacial score (nSPS) is 20.1. The average molecular weight is 349 g/mol. The summed E-state index contributed by atoms with van der Waals surface area (Å²) in [6, 6.07) is 4.71. The number of alkyl halides is 3. The van der Waals surface area contributed by atoms with Crippen molar-refractivity contribution in [3.8, 4) is 0 Å². The monoisotopic (exact) mass is 349 g/mol. The van der Waals surface area contributed by atoms with E-state index in [2.05, 4.69) is 0 Å². The highest BCUT2D eigenvalue weighted by atomic mass is 31.1. The van der Waals surface area contributed by atoms with Crippen molar-refractivity contribution in [2.24, 2.45) is 0 Å². The van der Waals surface area contributed by atoms with Crippen molar-refractivity contribution in [1.29, 1.82) is 0 Å². The minimum atomic E-state index is -4.35. The third-order valence-electron chi connectivity index (χ3n) is 3.15. The molecule has 1 heterocycles. The van der Waals surface area contributed by atoms with E-state index in [1.165, 1.54) is 16.8 Å². The number of benzene rings is 1. The molecule has 1 aliphatic rings. The Bertz CT molecular complexity index is 555. The molecule has 0 N–H and O–H groups in total. The predicted molar refractivity (Wildman–Crippen MR) is 81.3 cm³/mol. The first-order valence-electron chi connectivity index (χ1n) is 7.12. The Kier molecular flexibility index (Phi) is 5.21. The van der Waals surface area contributed by atoms with Crippen LogP contribution in [0.2, 0.25) is 0 Å². The van der Waals surface area contributed by atoms with Gasteiger partial charge in [0.25, 0.3) is 0 Å². The largest absolute Gasteiger partial charge is 0.443 e. The highest BCUT2D eigenvalue weighted by Crippen LogP contribution is 2.35. The standard InChI is InChI=1S/C15H19F3NO3P/c1-14(2,3)22-13(20)19-12(9-21-23-19)8-10-4-6-11(7-5-10)15(16,17)18/h4-7,12,23H,8-9H2,1-3H3/t12-/m0/s1. The number of carbonyl (C=O) groups excluding carboxylic acids is 1. The van der Waals surface area contributed by atoms with E-state index in [0.29, 0.717) is 18.6 Å². The third-order valence-corrected chi connectivity index (χ3v) is 4.19. The summed E-state index contributed by atoms with van der Waals surface area (Å²) in [4.78, 5) is 12.1. The van der Waals surface area contributed by atoms with Gasteiger partial charge in [-0.1, -0.05) is 12.1 Å². The lowest BCUT2D eigenvalue weighted by atomic mass is 10.0. The molecule has 128 valence electrons. The molecule has 2 rings (SSSR count). The van der Waals surface area contributed by atoms with Crippen LogP contribution < -0.4 is 0 Å². The van der Waals surface area contributed by atoms with Crippen LogP contribution in [-0.2, 0) is 21.9 Å². The molecule has 1 aliphatic heterocycles. The molecule has 0 radical (unpaired) electrons. The van der Waals surface area contributed by atoms with Gasteiger partial charge in [-0.15, -0.1) is 0 Å². The van der Waals surface area contributed by atoms with Crippen LogP contribution in [0.1, 0.15) is 31.9 Å². The summed E-state index contributed by atoms with van der Waals surface area (Å²) < 4.78 is 49.8. The Hall–Kier alpha value is -1.33. The summed E-state index contributed by atoms with van der Waals surface area (Å²) >= 11 is 0. The van der Waals surface area contributed by atoms with Crippen LogP contribution in [0.3, 0.4) is 0 Å². The Morgan fingerprint density at radius 3 is 2.43 bits per heavy atom. The van der Waals surface area contributed by atoms with Crippen molar-refractivity contribution in [2.75, 3.05) is 6.61 Å². The van der Waals surface area contributed by atoms with Crippen LogP contribution in [0.15, 0.2) is 24.3 Å². The zero-order valence-electron chi connectivity index (χ0n) is 13.1. The van der Waals surface area contributed by atoms with Gasteiger partial charge in [-0.2, -0.15) is 13.2 Å². The molecule has 0 aliphatic carbocycles. The molecule has 0 aromatic heterocycles. The van der Waals surface area contributed by atoms with Gasteiger partial charge in [0.2, 0.25) is 0 Å². The summed E-state index contributed by atoms with van der Waals surface area (Å²) in [5, 5.41) is 0. The second-order valence-electron chi connectivity index (χ2n) is 6.31. The van der Waals surface area contributed by atoms with Crippen LogP contribution in [-0.4, -0.2) is 29.0 Å². The first kappa shape index (κ1) is 18.0. The molecule has 23 heavy (non-hydrogen) atoms. The molecule has 1 saturated heterocycles. The summed E-state index contributed by atoms with van der Waals surface area (Å²) in [5.74, 6) is 0. The Morgan fingerprint density at radius 1 is 1.30 bits per heavy atom. The number of hydrogen-bond acceptors (Lipinski definition) is 3. The van der Waals surface area contributed by atoms with Crippen molar-refractivity contribution in [2.45, 2.75) is 45.0 Å². The van der Waals surface area contributed by atoms with Crippen molar-refractivity contribution in [1.82, 2.24) is 4.67 Å². The van der Waals surface area contributed by atoms with Gasteiger partial charge in [0.05, 0.1) is 18.2 Å². The quantitative estimate of drug-likeness (QED) is 0.743. The van der Waals surface area contributed by atoms with E-state index in [4.69, 9.17) is 9.26 Å². The topological polar surface area (TPSA) is 38.8 Å². The molecule has 0 spiro atoms. The SMILES string of the molecule is CC(C)(C)OC(=O)N1POC[C@@H]1Cc1ccc(C(F)(F)F)cc1. The molecule has 1 aromatic rings. The summed E-state index contributed by atoms with van der Waals surface area (Å²) in [7, 11) is -0.135. The number of ether oxygens (including phenoxy) is 1. The van der Waals surface area contributed by atoms with Gasteiger partial charge in [0, 0.05) is 0 Å². The van der Waals surface area contributed by atoms with Gasteiger partial charge in [-0.25, -0.2) is 4.79 Å². The zero-order chi connectivity index (χ0) is 17.3. The first-order valence-corrected chi connectivity index (χ1v) is 7.97. The van der Waals surface area contributed by atoms with E-state index in [1.807, 2.05) is 0 Å². The number of nitrogens with zero attached hydrogens (tertiary/aromatic N) is 1. The maximum absolute atomic E-state index is 12.6. The second-order valence-corrected chi connectivity index (χ2v) is 7.26. The fourth-order valence-corrected chi connectivity index (χ4v) is 2.94. The molecule has 1 aromatic carbocycles. The number of amides is 1. The third kappa shape index (κ3) is 5.08. The Balaban J connectivity index is 2.02. The lowest BCUT2D eigenvalue weighted by molar-refractivity contribution is -0.137. The highest BCUT2D eigenvalue weighted by molar-refractivity contribution is 7.30. The van der Waals surface area contributed by atoms with Crippen molar-refractivity contribution in [3.63, 3.8) is 0 Å². The minimum Gasteiger partial charge on any atom is -0.443 e. The molecular weight excluding hydrogens is 330 g/mol. The molecular formula is C15H19F3NO3P. The van der Waals surface area contributed by atoms with Gasteiger partial charge >= 0.3 is 12.3 Å². The van der Waals surface area contributed by atoms with E-state index in [9.17, 15) is 18.0 Å². The average Bonchev–Trinajstić information content (AvgIpc) is 2.84. The summed E-state index contributed by atoms with van der Waals surface area (Å²) in [6.45, 7) is 5.67. The van der Waals surface area contributed by atoms with E-state index in [1.54, 1.807) is 20.8 Å². The van der Waals surface area contributed by atoms with Crippen molar-refractivity contribution >= 4 is 15.1 Å². The smallest absolute Gasteiger partial charge is 0.416 e. The number of carbonyl (C=O) groups is 1. The molecule has 2 atom stereocenters. The fraction of sp³-hybridized carbons (Fsp3) is 0.533.